The van der Waals surface area contributed by atoms with Crippen LogP contribution in [0.1, 0.15) is 59.1 Å². The molecule has 0 N–H and O–H groups in total. The standard InChI is InChI=1S/C32H33N3O3S/c1-8-38-31(37)28-22(6)33-32-35(29(28)24-12-9-18(2)10-13-24)30(36)27(39-32)17-25-16-21(5)34(23(25)7)26-14-11-19(3)20(4)15-26/h9-17,29H,8H2,1-7H3/b27-17+/t29-/m1/s1. The average Bonchev–Trinajstić information content (AvgIpc) is 3.35. The van der Waals surface area contributed by atoms with Gasteiger partial charge in [-0.1, -0.05) is 47.2 Å². The van der Waals surface area contributed by atoms with E-state index >= 15 is 0 Å². The van der Waals surface area contributed by atoms with Gasteiger partial charge in [0.1, 0.15) is 0 Å². The Morgan fingerprint density at radius 2 is 1.72 bits per heavy atom. The smallest absolute Gasteiger partial charge is 0.338 e. The molecule has 1 aliphatic rings. The molecule has 5 rings (SSSR count). The molecule has 0 fully saturated rings. The first-order valence-corrected chi connectivity index (χ1v) is 13.9. The maximum Gasteiger partial charge on any atom is 0.338 e. The molecule has 39 heavy (non-hydrogen) atoms. The summed E-state index contributed by atoms with van der Waals surface area (Å²) in [5.41, 5.74) is 9.45. The molecule has 0 spiro atoms. The van der Waals surface area contributed by atoms with Crippen LogP contribution in [0, 0.1) is 34.6 Å². The molecule has 1 atom stereocenters. The number of thiazole rings is 1. The second-order valence-electron chi connectivity index (χ2n) is 10.1. The van der Waals surface area contributed by atoms with Gasteiger partial charge in [-0.05, 0) is 95.0 Å². The molecule has 6 nitrogen and oxygen atoms in total. The molecule has 0 amide bonds. The van der Waals surface area contributed by atoms with Crippen LogP contribution in [-0.2, 0) is 9.53 Å². The van der Waals surface area contributed by atoms with Crippen molar-refractivity contribution in [1.82, 2.24) is 9.13 Å². The third-order valence-electron chi connectivity index (χ3n) is 7.42. The van der Waals surface area contributed by atoms with Crippen LogP contribution < -0.4 is 14.9 Å². The Hall–Kier alpha value is -3.97. The van der Waals surface area contributed by atoms with Crippen LogP contribution in [0.15, 0.2) is 69.6 Å². The van der Waals surface area contributed by atoms with Crippen LogP contribution in [0.3, 0.4) is 0 Å². The van der Waals surface area contributed by atoms with Gasteiger partial charge in [0.2, 0.25) is 0 Å². The van der Waals surface area contributed by atoms with Crippen molar-refractivity contribution < 1.29 is 9.53 Å². The van der Waals surface area contributed by atoms with Gasteiger partial charge in [-0.15, -0.1) is 0 Å². The molecule has 200 valence electrons. The van der Waals surface area contributed by atoms with Crippen LogP contribution in [0.5, 0.6) is 0 Å². The zero-order valence-corrected chi connectivity index (χ0v) is 24.3. The van der Waals surface area contributed by atoms with Gasteiger partial charge in [-0.3, -0.25) is 9.36 Å². The number of rotatable bonds is 5. The zero-order chi connectivity index (χ0) is 28.0. The SMILES string of the molecule is CCOC(=O)C1=C(C)N=c2s/c(=C/c3cc(C)n(-c4ccc(C)c(C)c4)c3C)c(=O)n2[C@@H]1c1ccc(C)cc1. The maximum absolute atomic E-state index is 14.0. The van der Waals surface area contributed by atoms with Crippen LogP contribution in [0.4, 0.5) is 0 Å². The molecule has 3 heterocycles. The van der Waals surface area contributed by atoms with Gasteiger partial charge in [0.25, 0.3) is 5.56 Å². The van der Waals surface area contributed by atoms with Gasteiger partial charge in [0, 0.05) is 17.1 Å². The number of hydrogen-bond donors (Lipinski definition) is 0. The second kappa shape index (κ2) is 10.3. The number of allylic oxidation sites excluding steroid dienone is 1. The van der Waals surface area contributed by atoms with E-state index in [-0.39, 0.29) is 12.2 Å². The van der Waals surface area contributed by atoms with Gasteiger partial charge in [-0.2, -0.15) is 0 Å². The van der Waals surface area contributed by atoms with Crippen molar-refractivity contribution in [2.24, 2.45) is 4.99 Å². The lowest BCUT2D eigenvalue weighted by atomic mass is 9.95. The number of ether oxygens (including phenoxy) is 1. The summed E-state index contributed by atoms with van der Waals surface area (Å²) in [5.74, 6) is -0.449. The Morgan fingerprint density at radius 3 is 2.38 bits per heavy atom. The third kappa shape index (κ3) is 4.72. The van der Waals surface area contributed by atoms with Crippen LogP contribution in [-0.4, -0.2) is 21.7 Å². The number of esters is 1. The molecule has 0 unspecified atom stereocenters. The van der Waals surface area contributed by atoms with E-state index in [0.717, 1.165) is 33.8 Å². The van der Waals surface area contributed by atoms with Gasteiger partial charge in [0.15, 0.2) is 4.80 Å². The molecular weight excluding hydrogens is 506 g/mol. The van der Waals surface area contributed by atoms with Gasteiger partial charge >= 0.3 is 5.97 Å². The number of fused-ring (bicyclic) bond motifs is 1. The van der Waals surface area contributed by atoms with E-state index in [9.17, 15) is 9.59 Å². The third-order valence-corrected chi connectivity index (χ3v) is 8.40. The summed E-state index contributed by atoms with van der Waals surface area (Å²) in [6, 6.07) is 15.9. The summed E-state index contributed by atoms with van der Waals surface area (Å²) in [7, 11) is 0. The molecule has 2 aromatic heterocycles. The molecular formula is C32H33N3O3S. The van der Waals surface area contributed by atoms with Crippen molar-refractivity contribution in [2.75, 3.05) is 6.61 Å². The highest BCUT2D eigenvalue weighted by molar-refractivity contribution is 7.07. The zero-order valence-electron chi connectivity index (χ0n) is 23.5. The van der Waals surface area contributed by atoms with E-state index in [2.05, 4.69) is 56.5 Å². The summed E-state index contributed by atoms with van der Waals surface area (Å²) in [4.78, 5) is 32.3. The monoisotopic (exact) mass is 539 g/mol. The van der Waals surface area contributed by atoms with Gasteiger partial charge in [0.05, 0.1) is 28.5 Å². The predicted octanol–water partition coefficient (Wildman–Crippen LogP) is 5.13. The molecule has 0 saturated heterocycles. The second-order valence-corrected chi connectivity index (χ2v) is 11.2. The number of aromatic nitrogens is 2. The summed E-state index contributed by atoms with van der Waals surface area (Å²) in [5, 5.41) is 0. The summed E-state index contributed by atoms with van der Waals surface area (Å²) < 4.78 is 9.83. The molecule has 0 aliphatic carbocycles. The first kappa shape index (κ1) is 26.6. The molecule has 0 bridgehead atoms. The Labute approximate surface area is 232 Å². The number of benzene rings is 2. The van der Waals surface area contributed by atoms with Crippen molar-refractivity contribution in [2.45, 2.75) is 54.5 Å². The fourth-order valence-electron chi connectivity index (χ4n) is 5.19. The van der Waals surface area contributed by atoms with Crippen LogP contribution >= 0.6 is 11.3 Å². The average molecular weight is 540 g/mol. The normalized spacial score (nSPS) is 15.4. The Kier molecular flexibility index (Phi) is 7.03. The van der Waals surface area contributed by atoms with E-state index in [1.54, 1.807) is 11.5 Å². The minimum Gasteiger partial charge on any atom is -0.463 e. The number of nitrogens with zero attached hydrogens (tertiary/aromatic N) is 3. The van der Waals surface area contributed by atoms with E-state index in [1.165, 1.54) is 22.5 Å². The minimum atomic E-state index is -0.606. The van der Waals surface area contributed by atoms with Crippen molar-refractivity contribution in [3.05, 3.63) is 119 Å². The molecule has 4 aromatic rings. The number of carbonyl (C=O) groups is 1. The number of carbonyl (C=O) groups excluding carboxylic acids is 1. The molecule has 2 aromatic carbocycles. The summed E-state index contributed by atoms with van der Waals surface area (Å²) >= 11 is 1.35. The Bertz CT molecular complexity index is 1820. The minimum absolute atomic E-state index is 0.172. The Morgan fingerprint density at radius 1 is 1.00 bits per heavy atom. The maximum atomic E-state index is 14.0. The van der Waals surface area contributed by atoms with Crippen molar-refractivity contribution >= 4 is 23.4 Å². The summed E-state index contributed by atoms with van der Waals surface area (Å²) in [6.45, 7) is 14.2. The highest BCUT2D eigenvalue weighted by Gasteiger charge is 2.33. The molecule has 7 heteroatoms. The van der Waals surface area contributed by atoms with Crippen molar-refractivity contribution in [3.63, 3.8) is 0 Å². The van der Waals surface area contributed by atoms with Crippen LogP contribution in [0.2, 0.25) is 0 Å². The fourth-order valence-corrected chi connectivity index (χ4v) is 6.23. The first-order valence-electron chi connectivity index (χ1n) is 13.1. The lowest BCUT2D eigenvalue weighted by molar-refractivity contribution is -0.139. The van der Waals surface area contributed by atoms with E-state index < -0.39 is 12.0 Å². The fraction of sp³-hybridized carbons (Fsp3) is 0.281. The number of hydrogen-bond acceptors (Lipinski definition) is 5. The van der Waals surface area contributed by atoms with E-state index in [4.69, 9.17) is 9.73 Å². The topological polar surface area (TPSA) is 65.6 Å². The van der Waals surface area contributed by atoms with Gasteiger partial charge in [-0.25, -0.2) is 9.79 Å². The van der Waals surface area contributed by atoms with Gasteiger partial charge < -0.3 is 9.30 Å². The van der Waals surface area contributed by atoms with E-state index in [1.807, 2.05) is 44.2 Å². The molecule has 0 saturated carbocycles. The lowest BCUT2D eigenvalue weighted by Crippen LogP contribution is -2.39. The Balaban J connectivity index is 1.68. The highest BCUT2D eigenvalue weighted by Crippen LogP contribution is 2.31. The number of aryl methyl sites for hydroxylation is 4. The van der Waals surface area contributed by atoms with Crippen molar-refractivity contribution in [3.8, 4) is 5.69 Å². The quantitative estimate of drug-likeness (QED) is 0.330. The molecule has 1 aliphatic heterocycles. The lowest BCUT2D eigenvalue weighted by Gasteiger charge is -2.24. The largest absolute Gasteiger partial charge is 0.463 e. The molecule has 0 radical (unpaired) electrons. The van der Waals surface area contributed by atoms with Crippen LogP contribution in [0.25, 0.3) is 11.8 Å². The predicted molar refractivity (Wildman–Crippen MR) is 156 cm³/mol. The first-order chi connectivity index (χ1) is 18.6. The van der Waals surface area contributed by atoms with E-state index in [0.29, 0.717) is 20.6 Å². The summed E-state index contributed by atoms with van der Waals surface area (Å²) in [6.07, 6.45) is 1.94. The van der Waals surface area contributed by atoms with Crippen molar-refractivity contribution in [1.29, 1.82) is 0 Å². The highest BCUT2D eigenvalue weighted by atomic mass is 32.1.